The molecule has 0 radical (unpaired) electrons. The highest BCUT2D eigenvalue weighted by Crippen LogP contribution is 2.40. The Hall–Kier alpha value is -1.06. The summed E-state index contributed by atoms with van der Waals surface area (Å²) in [6.07, 6.45) is -8.49. The third kappa shape index (κ3) is 5.07. The molecule has 12 heteroatoms. The van der Waals surface area contributed by atoms with E-state index in [9.17, 15) is 10.2 Å². The molecule has 4 aliphatic rings. The molecule has 0 aromatic carbocycles. The minimum Gasteiger partial charge on any atom is -0.456 e. The van der Waals surface area contributed by atoms with Crippen LogP contribution in [0.25, 0.3) is 0 Å². The first-order valence-electron chi connectivity index (χ1n) is 11.3. The maximum Gasteiger partial charge on any atom is 0.272 e. The van der Waals surface area contributed by atoms with Gasteiger partial charge >= 0.3 is 0 Å². The van der Waals surface area contributed by atoms with Crippen LogP contribution in [0.4, 0.5) is 0 Å². The van der Waals surface area contributed by atoms with Crippen molar-refractivity contribution in [2.75, 3.05) is 27.4 Å². The number of hydrogen-bond donors (Lipinski definition) is 2. The lowest BCUT2D eigenvalue weighted by molar-refractivity contribution is -0.315. The summed E-state index contributed by atoms with van der Waals surface area (Å²) in [6, 6.07) is 0. The van der Waals surface area contributed by atoms with E-state index in [0.717, 1.165) is 0 Å². The van der Waals surface area contributed by atoms with Crippen LogP contribution in [0.2, 0.25) is 0 Å². The Labute approximate surface area is 198 Å². The molecule has 12 nitrogen and oxygen atoms in total. The Kier molecular flexibility index (Phi) is 7.48. The molecule has 4 aliphatic heterocycles. The predicted molar refractivity (Wildman–Crippen MR) is 112 cm³/mol. The van der Waals surface area contributed by atoms with Crippen molar-refractivity contribution in [3.8, 4) is 0 Å². The predicted octanol–water partition coefficient (Wildman–Crippen LogP) is -0.00460. The van der Waals surface area contributed by atoms with E-state index >= 15 is 0 Å². The van der Waals surface area contributed by atoms with Crippen LogP contribution in [-0.4, -0.2) is 111 Å². The zero-order chi connectivity index (χ0) is 24.8. The Morgan fingerprint density at radius 1 is 1.00 bits per heavy atom. The van der Waals surface area contributed by atoms with Gasteiger partial charge in [-0.1, -0.05) is 0 Å². The second-order valence-corrected chi connectivity index (χ2v) is 9.63. The molecule has 0 aromatic heterocycles. The van der Waals surface area contributed by atoms with Gasteiger partial charge in [0.25, 0.3) is 5.95 Å². The molecular weight excluding hydrogens is 456 g/mol. The number of methoxy groups -OCH3 is 2. The van der Waals surface area contributed by atoms with Crippen molar-refractivity contribution < 1.29 is 57.6 Å². The number of fused-ring (bicyclic) bond motifs is 1. The number of ether oxygens (including phenoxy) is 10. The second-order valence-electron chi connectivity index (χ2n) is 9.63. The molecule has 0 spiro atoms. The van der Waals surface area contributed by atoms with E-state index in [-0.39, 0.29) is 19.2 Å². The molecule has 0 bridgehead atoms. The van der Waals surface area contributed by atoms with Crippen LogP contribution in [0.1, 0.15) is 27.7 Å². The molecule has 4 rings (SSSR count). The van der Waals surface area contributed by atoms with E-state index in [1.165, 1.54) is 14.2 Å². The molecule has 34 heavy (non-hydrogen) atoms. The summed E-state index contributed by atoms with van der Waals surface area (Å²) in [5.74, 6) is -1.80. The van der Waals surface area contributed by atoms with Crippen molar-refractivity contribution in [1.29, 1.82) is 0 Å². The highest BCUT2D eigenvalue weighted by molar-refractivity contribution is 5.01. The van der Waals surface area contributed by atoms with E-state index in [1.807, 2.05) is 0 Å². The van der Waals surface area contributed by atoms with E-state index in [1.54, 1.807) is 27.7 Å². The van der Waals surface area contributed by atoms with Gasteiger partial charge in [-0.15, -0.1) is 0 Å². The fourth-order valence-corrected chi connectivity index (χ4v) is 4.82. The molecule has 4 heterocycles. The first-order valence-corrected chi connectivity index (χ1v) is 11.3. The summed E-state index contributed by atoms with van der Waals surface area (Å²) >= 11 is 0. The third-order valence-corrected chi connectivity index (χ3v) is 6.24. The Morgan fingerprint density at radius 2 is 1.65 bits per heavy atom. The fraction of sp³-hybridized carbons (Fsp3) is 0.909. The van der Waals surface area contributed by atoms with Crippen LogP contribution in [0.3, 0.4) is 0 Å². The minimum absolute atomic E-state index is 0.0416. The number of hydrogen-bond acceptors (Lipinski definition) is 12. The van der Waals surface area contributed by atoms with Crippen molar-refractivity contribution >= 4 is 0 Å². The molecule has 4 saturated heterocycles. The lowest BCUT2D eigenvalue weighted by atomic mass is 9.98. The zero-order valence-electron chi connectivity index (χ0n) is 20.4. The van der Waals surface area contributed by atoms with E-state index < -0.39 is 73.0 Å². The van der Waals surface area contributed by atoms with Gasteiger partial charge in [0.05, 0.1) is 13.2 Å². The zero-order valence-corrected chi connectivity index (χ0v) is 20.4. The second kappa shape index (κ2) is 9.77. The third-order valence-electron chi connectivity index (χ3n) is 6.24. The van der Waals surface area contributed by atoms with Crippen LogP contribution in [0.5, 0.6) is 0 Å². The van der Waals surface area contributed by atoms with Crippen molar-refractivity contribution in [2.45, 2.75) is 101 Å². The molecule has 9 atom stereocenters. The Balaban J connectivity index is 1.62. The van der Waals surface area contributed by atoms with E-state index in [4.69, 9.17) is 47.4 Å². The topological polar surface area (TPSA) is 133 Å². The van der Waals surface area contributed by atoms with Gasteiger partial charge in [-0.05, 0) is 34.3 Å². The first-order chi connectivity index (χ1) is 16.0. The maximum absolute atomic E-state index is 11.0. The fourth-order valence-electron chi connectivity index (χ4n) is 4.82. The van der Waals surface area contributed by atoms with Crippen molar-refractivity contribution in [1.82, 2.24) is 0 Å². The summed E-state index contributed by atoms with van der Waals surface area (Å²) in [4.78, 5) is 0. The van der Waals surface area contributed by atoms with Crippen LogP contribution in [0.15, 0.2) is 12.5 Å². The SMILES string of the molecule is C=C1OC2C(CO)OC(OC(C3COC(C)(C)O3)C3OC(C)(C)OC3C(OC)OC)C(O)C2O1. The van der Waals surface area contributed by atoms with Gasteiger partial charge in [-0.25, -0.2) is 0 Å². The molecule has 0 aromatic rings. The summed E-state index contributed by atoms with van der Waals surface area (Å²) in [5, 5.41) is 20.9. The average molecular weight is 493 g/mol. The number of aliphatic hydroxyl groups is 2. The summed E-state index contributed by atoms with van der Waals surface area (Å²) in [5.41, 5.74) is 0. The van der Waals surface area contributed by atoms with Gasteiger partial charge in [-0.3, -0.25) is 0 Å². The van der Waals surface area contributed by atoms with Gasteiger partial charge in [0.2, 0.25) is 0 Å². The molecule has 2 N–H and O–H groups in total. The monoisotopic (exact) mass is 492 g/mol. The van der Waals surface area contributed by atoms with Crippen LogP contribution in [-0.2, 0) is 47.4 Å². The van der Waals surface area contributed by atoms with Crippen LogP contribution >= 0.6 is 0 Å². The summed E-state index contributed by atoms with van der Waals surface area (Å²) < 4.78 is 58.4. The standard InChI is InChI=1S/C22H36O12/c1-10-28-14-11(8-23)30-19(13(24)16(14)29-10)31-15(12-9-27-21(2,3)32-12)17-18(20(25-6)26-7)34-22(4,5)33-17/h11-20,23-24H,1,8-9H2,2-7H3. The highest BCUT2D eigenvalue weighted by Gasteiger charge is 2.57. The maximum atomic E-state index is 11.0. The molecule has 4 fully saturated rings. The van der Waals surface area contributed by atoms with Crippen LogP contribution in [0, 0.1) is 0 Å². The lowest BCUT2D eigenvalue weighted by Crippen LogP contribution is -2.61. The number of rotatable bonds is 8. The largest absolute Gasteiger partial charge is 0.456 e. The summed E-state index contributed by atoms with van der Waals surface area (Å²) in [7, 11) is 3.00. The highest BCUT2D eigenvalue weighted by atomic mass is 16.8. The quantitative estimate of drug-likeness (QED) is 0.442. The molecule has 0 aliphatic carbocycles. The normalized spacial score (nSPS) is 41.9. The number of aliphatic hydroxyl groups excluding tert-OH is 2. The Morgan fingerprint density at radius 3 is 2.24 bits per heavy atom. The van der Waals surface area contributed by atoms with Gasteiger partial charge < -0.3 is 57.6 Å². The van der Waals surface area contributed by atoms with Gasteiger partial charge in [0.1, 0.15) is 36.6 Å². The van der Waals surface area contributed by atoms with Crippen molar-refractivity contribution in [3.63, 3.8) is 0 Å². The van der Waals surface area contributed by atoms with Gasteiger partial charge in [-0.2, -0.15) is 0 Å². The average Bonchev–Trinajstić information content (AvgIpc) is 3.43. The molecular formula is C22H36O12. The smallest absolute Gasteiger partial charge is 0.272 e. The van der Waals surface area contributed by atoms with Crippen molar-refractivity contribution in [3.05, 3.63) is 12.5 Å². The van der Waals surface area contributed by atoms with E-state index in [2.05, 4.69) is 6.58 Å². The minimum atomic E-state index is -1.25. The molecule has 0 amide bonds. The van der Waals surface area contributed by atoms with Crippen molar-refractivity contribution in [2.24, 2.45) is 0 Å². The molecule has 196 valence electrons. The van der Waals surface area contributed by atoms with Gasteiger partial charge in [0.15, 0.2) is 36.4 Å². The van der Waals surface area contributed by atoms with E-state index in [0.29, 0.717) is 0 Å². The summed E-state index contributed by atoms with van der Waals surface area (Å²) in [6.45, 7) is 10.6. The Bertz CT molecular complexity index is 725. The van der Waals surface area contributed by atoms with Crippen LogP contribution < -0.4 is 0 Å². The molecule has 0 saturated carbocycles. The lowest BCUT2D eigenvalue weighted by Gasteiger charge is -2.41. The molecule has 9 unspecified atom stereocenters. The van der Waals surface area contributed by atoms with Gasteiger partial charge in [0, 0.05) is 14.2 Å². The first kappa shape index (κ1) is 26.0.